The van der Waals surface area contributed by atoms with Crippen LogP contribution >= 0.6 is 0 Å². The molecule has 1 saturated heterocycles. The van der Waals surface area contributed by atoms with Gasteiger partial charge in [0.1, 0.15) is 0 Å². The Morgan fingerprint density at radius 1 is 1.15 bits per heavy atom. The van der Waals surface area contributed by atoms with Gasteiger partial charge in [-0.05, 0) is 6.07 Å². The Hall–Kier alpha value is -1.97. The lowest BCUT2D eigenvalue weighted by Gasteiger charge is -2.15. The third-order valence-electron chi connectivity index (χ3n) is 2.63. The summed E-state index contributed by atoms with van der Waals surface area (Å²) in [6.07, 6.45) is 1.07. The molecule has 4 nitrogen and oxygen atoms in total. The molecule has 0 aliphatic carbocycles. The lowest BCUT2D eigenvalue weighted by molar-refractivity contribution is -0.116. The van der Waals surface area contributed by atoms with Crippen LogP contribution < -0.4 is 0 Å². The number of nitrogens with zero attached hydrogens (tertiary/aromatic N) is 1. The number of likely N-dealkylation sites (tertiary alicyclic amines) is 1. The van der Waals surface area contributed by atoms with Crippen molar-refractivity contribution in [1.82, 2.24) is 4.90 Å². The standard InChI is InChI=1S/C12H11NO3.2C2H6/c14-8-9-3-1-2-4-11(9)12(16)13-6-5-10(15)7-13;2*1-2/h1-4,8H,5-7H2;2*1-2H3. The van der Waals surface area contributed by atoms with Crippen molar-refractivity contribution in [2.45, 2.75) is 34.1 Å². The van der Waals surface area contributed by atoms with E-state index in [4.69, 9.17) is 0 Å². The first-order valence-electron chi connectivity index (χ1n) is 7.07. The molecule has 0 radical (unpaired) electrons. The second-order valence-corrected chi connectivity index (χ2v) is 3.72. The van der Waals surface area contributed by atoms with E-state index in [1.165, 1.54) is 4.90 Å². The molecule has 1 aromatic carbocycles. The van der Waals surface area contributed by atoms with Crippen molar-refractivity contribution in [1.29, 1.82) is 0 Å². The molecular weight excluding hydrogens is 254 g/mol. The zero-order valence-electron chi connectivity index (χ0n) is 12.7. The SMILES string of the molecule is CC.CC.O=Cc1ccccc1C(=O)N1CCC(=O)C1. The summed E-state index contributed by atoms with van der Waals surface area (Å²) < 4.78 is 0. The predicted molar refractivity (Wildman–Crippen MR) is 80.1 cm³/mol. The van der Waals surface area contributed by atoms with E-state index in [0.29, 0.717) is 30.4 Å². The topological polar surface area (TPSA) is 54.5 Å². The minimum Gasteiger partial charge on any atom is -0.331 e. The number of aldehydes is 1. The zero-order valence-corrected chi connectivity index (χ0v) is 12.7. The van der Waals surface area contributed by atoms with Crippen LogP contribution in [0.15, 0.2) is 24.3 Å². The number of amides is 1. The summed E-state index contributed by atoms with van der Waals surface area (Å²) in [5, 5.41) is 0. The summed E-state index contributed by atoms with van der Waals surface area (Å²) in [5.74, 6) is -0.175. The molecule has 4 heteroatoms. The fourth-order valence-corrected chi connectivity index (χ4v) is 1.77. The maximum atomic E-state index is 12.0. The van der Waals surface area contributed by atoms with Gasteiger partial charge in [-0.3, -0.25) is 14.4 Å². The molecule has 0 aromatic heterocycles. The average molecular weight is 277 g/mol. The van der Waals surface area contributed by atoms with Gasteiger partial charge in [0.05, 0.1) is 12.1 Å². The Bertz CT molecular complexity index is 455. The molecular formula is C16H23NO3. The molecule has 1 heterocycles. The molecule has 1 aromatic rings. The van der Waals surface area contributed by atoms with Gasteiger partial charge in [-0.2, -0.15) is 0 Å². The monoisotopic (exact) mass is 277 g/mol. The summed E-state index contributed by atoms with van der Waals surface area (Å²) in [6.45, 7) is 8.61. The van der Waals surface area contributed by atoms with Crippen molar-refractivity contribution in [3.05, 3.63) is 35.4 Å². The summed E-state index contributed by atoms with van der Waals surface area (Å²) in [4.78, 5) is 35.3. The van der Waals surface area contributed by atoms with E-state index in [0.717, 1.165) is 0 Å². The average Bonchev–Trinajstić information content (AvgIpc) is 2.97. The summed E-state index contributed by atoms with van der Waals surface area (Å²) in [7, 11) is 0. The molecule has 1 aliphatic heterocycles. The van der Waals surface area contributed by atoms with Gasteiger partial charge in [0.25, 0.3) is 5.91 Å². The van der Waals surface area contributed by atoms with Crippen LogP contribution in [0.25, 0.3) is 0 Å². The number of Topliss-reactive ketones (excluding diaryl/α,β-unsaturated/α-hetero) is 1. The second kappa shape index (κ2) is 9.89. The zero-order chi connectivity index (χ0) is 15.5. The van der Waals surface area contributed by atoms with E-state index in [1.807, 2.05) is 27.7 Å². The Balaban J connectivity index is 0.000000829. The van der Waals surface area contributed by atoms with Gasteiger partial charge in [-0.1, -0.05) is 45.9 Å². The van der Waals surface area contributed by atoms with Crippen LogP contribution in [0.5, 0.6) is 0 Å². The van der Waals surface area contributed by atoms with E-state index in [9.17, 15) is 14.4 Å². The fraction of sp³-hybridized carbons (Fsp3) is 0.438. The minimum atomic E-state index is -0.242. The van der Waals surface area contributed by atoms with Crippen LogP contribution in [0.2, 0.25) is 0 Å². The number of rotatable bonds is 2. The highest BCUT2D eigenvalue weighted by Crippen LogP contribution is 2.13. The van der Waals surface area contributed by atoms with Crippen molar-refractivity contribution in [3.63, 3.8) is 0 Å². The van der Waals surface area contributed by atoms with Crippen LogP contribution in [-0.2, 0) is 4.79 Å². The van der Waals surface area contributed by atoms with E-state index in [-0.39, 0.29) is 18.2 Å². The first kappa shape index (κ1) is 18.0. The molecule has 20 heavy (non-hydrogen) atoms. The van der Waals surface area contributed by atoms with Crippen molar-refractivity contribution in [3.8, 4) is 0 Å². The Morgan fingerprint density at radius 2 is 1.75 bits per heavy atom. The fourth-order valence-electron chi connectivity index (χ4n) is 1.77. The summed E-state index contributed by atoms with van der Waals surface area (Å²) in [6, 6.07) is 6.61. The van der Waals surface area contributed by atoms with Gasteiger partial charge in [0.2, 0.25) is 0 Å². The van der Waals surface area contributed by atoms with Crippen LogP contribution in [-0.4, -0.2) is 36.0 Å². The van der Waals surface area contributed by atoms with Crippen LogP contribution in [0.3, 0.4) is 0 Å². The van der Waals surface area contributed by atoms with E-state index in [2.05, 4.69) is 0 Å². The molecule has 0 saturated carbocycles. The maximum Gasteiger partial charge on any atom is 0.254 e. The number of hydrogen-bond donors (Lipinski definition) is 0. The molecule has 2 rings (SSSR count). The number of carbonyl (C=O) groups excluding carboxylic acids is 3. The van der Waals surface area contributed by atoms with Gasteiger partial charge < -0.3 is 4.90 Å². The third kappa shape index (κ3) is 4.61. The minimum absolute atomic E-state index is 0.0666. The number of hydrogen-bond acceptors (Lipinski definition) is 3. The Kier molecular flexibility index (Phi) is 8.92. The highest BCUT2D eigenvalue weighted by Gasteiger charge is 2.25. The maximum absolute atomic E-state index is 12.0. The van der Waals surface area contributed by atoms with Crippen molar-refractivity contribution >= 4 is 18.0 Å². The number of ketones is 1. The molecule has 1 amide bonds. The number of carbonyl (C=O) groups is 3. The van der Waals surface area contributed by atoms with E-state index >= 15 is 0 Å². The molecule has 0 spiro atoms. The molecule has 0 bridgehead atoms. The van der Waals surface area contributed by atoms with Gasteiger partial charge in [0.15, 0.2) is 12.1 Å². The third-order valence-corrected chi connectivity index (χ3v) is 2.63. The Morgan fingerprint density at radius 3 is 2.25 bits per heavy atom. The smallest absolute Gasteiger partial charge is 0.254 e. The lowest BCUT2D eigenvalue weighted by Crippen LogP contribution is -2.29. The predicted octanol–water partition coefficient (Wildman–Crippen LogP) is 2.97. The van der Waals surface area contributed by atoms with Gasteiger partial charge >= 0.3 is 0 Å². The largest absolute Gasteiger partial charge is 0.331 e. The van der Waals surface area contributed by atoms with Crippen molar-refractivity contribution in [2.24, 2.45) is 0 Å². The molecule has 0 N–H and O–H groups in total. The summed E-state index contributed by atoms with van der Waals surface area (Å²) in [5.41, 5.74) is 0.735. The van der Waals surface area contributed by atoms with Crippen LogP contribution in [0.4, 0.5) is 0 Å². The van der Waals surface area contributed by atoms with Crippen molar-refractivity contribution < 1.29 is 14.4 Å². The van der Waals surface area contributed by atoms with Crippen LogP contribution in [0.1, 0.15) is 54.8 Å². The van der Waals surface area contributed by atoms with Gasteiger partial charge in [-0.15, -0.1) is 0 Å². The van der Waals surface area contributed by atoms with Gasteiger partial charge in [-0.25, -0.2) is 0 Å². The summed E-state index contributed by atoms with van der Waals surface area (Å²) >= 11 is 0. The van der Waals surface area contributed by atoms with Crippen LogP contribution in [0, 0.1) is 0 Å². The van der Waals surface area contributed by atoms with E-state index < -0.39 is 0 Å². The van der Waals surface area contributed by atoms with E-state index in [1.54, 1.807) is 24.3 Å². The highest BCUT2D eigenvalue weighted by molar-refractivity contribution is 6.03. The second-order valence-electron chi connectivity index (χ2n) is 3.72. The highest BCUT2D eigenvalue weighted by atomic mass is 16.2. The molecule has 1 aliphatic rings. The quantitative estimate of drug-likeness (QED) is 0.781. The first-order chi connectivity index (χ1) is 9.72. The molecule has 1 fully saturated rings. The lowest BCUT2D eigenvalue weighted by atomic mass is 10.1. The normalized spacial score (nSPS) is 12.8. The van der Waals surface area contributed by atoms with Gasteiger partial charge in [0, 0.05) is 18.5 Å². The molecule has 0 unspecified atom stereocenters. The molecule has 110 valence electrons. The molecule has 0 atom stereocenters. The first-order valence-corrected chi connectivity index (χ1v) is 7.07. The van der Waals surface area contributed by atoms with Crippen molar-refractivity contribution in [2.75, 3.05) is 13.1 Å². The number of benzene rings is 1. The Labute approximate surface area is 120 Å².